The molecule has 3 N–H and O–H groups in total. The number of likely N-dealkylation sites (tertiary alicyclic amines) is 1. The molecule has 3 aromatic rings. The minimum Gasteiger partial charge on any atom is -0.465 e. The van der Waals surface area contributed by atoms with Crippen molar-refractivity contribution in [2.75, 3.05) is 33.4 Å². The fourth-order valence-corrected chi connectivity index (χ4v) is 6.02. The van der Waals surface area contributed by atoms with Crippen LogP contribution in [0.4, 0.5) is 13.6 Å². The van der Waals surface area contributed by atoms with Crippen LogP contribution in [0.15, 0.2) is 51.5 Å². The Hall–Kier alpha value is -3.35. The molecule has 0 aliphatic carbocycles. The van der Waals surface area contributed by atoms with Crippen LogP contribution in [-0.4, -0.2) is 65.6 Å². The normalized spacial score (nSPS) is 19.7. The van der Waals surface area contributed by atoms with Crippen LogP contribution in [0.5, 0.6) is 0 Å². The van der Waals surface area contributed by atoms with Gasteiger partial charge in [-0.15, -0.1) is 0 Å². The van der Waals surface area contributed by atoms with Crippen LogP contribution in [0.1, 0.15) is 54.8 Å². The second-order valence-electron chi connectivity index (χ2n) is 10.2. The smallest absolute Gasteiger partial charge is 0.407 e. The molecule has 12 heteroatoms. The van der Waals surface area contributed by atoms with Gasteiger partial charge in [0, 0.05) is 51.8 Å². The van der Waals surface area contributed by atoms with Gasteiger partial charge in [0.25, 0.3) is 0 Å². The van der Waals surface area contributed by atoms with Crippen molar-refractivity contribution in [3.63, 3.8) is 0 Å². The lowest BCUT2D eigenvalue weighted by Crippen LogP contribution is -2.50. The van der Waals surface area contributed by atoms with E-state index in [1.807, 2.05) is 24.3 Å². The minimum atomic E-state index is -1.76. The number of carbonyl (C=O) groups excluding carboxylic acids is 1. The summed E-state index contributed by atoms with van der Waals surface area (Å²) in [4.78, 5) is 24.7. The molecule has 220 valence electrons. The summed E-state index contributed by atoms with van der Waals surface area (Å²) >= 11 is 3.58. The van der Waals surface area contributed by atoms with Crippen LogP contribution < -0.4 is 5.32 Å². The lowest BCUT2D eigenvalue weighted by molar-refractivity contribution is -0.119. The molecule has 1 aromatic heterocycles. The number of carbonyl (C=O) groups is 2. The average molecular weight is 636 g/mol. The van der Waals surface area contributed by atoms with Gasteiger partial charge in [0.2, 0.25) is 5.91 Å². The highest BCUT2D eigenvalue weighted by Crippen LogP contribution is 2.48. The number of aliphatic hydroxyl groups is 1. The summed E-state index contributed by atoms with van der Waals surface area (Å²) in [6, 6.07) is 10.7. The van der Waals surface area contributed by atoms with Gasteiger partial charge in [-0.05, 0) is 58.5 Å². The van der Waals surface area contributed by atoms with E-state index in [4.69, 9.17) is 9.26 Å². The lowest BCUT2D eigenvalue weighted by atomic mass is 9.74. The second-order valence-corrected chi connectivity index (χ2v) is 10.9. The highest BCUT2D eigenvalue weighted by molar-refractivity contribution is 9.10. The number of carboxylic acid groups (broad SMARTS) is 1. The Morgan fingerprint density at radius 2 is 2.02 bits per heavy atom. The molecule has 41 heavy (non-hydrogen) atoms. The van der Waals surface area contributed by atoms with Crippen molar-refractivity contribution in [1.29, 1.82) is 0 Å². The highest BCUT2D eigenvalue weighted by atomic mass is 79.9. The van der Waals surface area contributed by atoms with Crippen LogP contribution in [-0.2, 0) is 15.1 Å². The van der Waals surface area contributed by atoms with E-state index in [2.05, 4.69) is 26.4 Å². The number of amides is 2. The summed E-state index contributed by atoms with van der Waals surface area (Å²) in [5, 5.41) is 28.7. The molecule has 1 aliphatic heterocycles. The number of hydrogen-bond donors (Lipinski definition) is 3. The van der Waals surface area contributed by atoms with Gasteiger partial charge in [-0.1, -0.05) is 35.5 Å². The van der Waals surface area contributed by atoms with Crippen molar-refractivity contribution in [2.45, 2.75) is 43.6 Å². The average Bonchev–Trinajstić information content (AvgIpc) is 3.32. The van der Waals surface area contributed by atoms with Gasteiger partial charge in [-0.25, -0.2) is 13.6 Å². The van der Waals surface area contributed by atoms with Gasteiger partial charge < -0.3 is 29.7 Å². The quantitative estimate of drug-likeness (QED) is 0.255. The van der Waals surface area contributed by atoms with Crippen LogP contribution >= 0.6 is 15.9 Å². The number of hydrogen-bond acceptors (Lipinski definition) is 6. The topological polar surface area (TPSA) is 125 Å². The molecule has 4 rings (SSSR count). The fourth-order valence-electron chi connectivity index (χ4n) is 5.38. The van der Waals surface area contributed by atoms with E-state index in [1.165, 1.54) is 13.0 Å². The maximum atomic E-state index is 14.2. The molecular formula is C29H32BrF2N3O6. The SMILES string of the molecule is COCCC[C@@H](CNC(C)=O)c1ccccc1-c1onc([C@H]2CN(C(=O)O)CC[C@]2(O)c2ccc(F)c(F)c2)c1Br. The van der Waals surface area contributed by atoms with Gasteiger partial charge in [-0.2, -0.15) is 0 Å². The third-order valence-corrected chi connectivity index (χ3v) is 8.33. The molecule has 1 saturated heterocycles. The Morgan fingerprint density at radius 1 is 1.27 bits per heavy atom. The van der Waals surface area contributed by atoms with E-state index in [0.717, 1.165) is 35.4 Å². The Balaban J connectivity index is 1.77. The van der Waals surface area contributed by atoms with Gasteiger partial charge >= 0.3 is 6.09 Å². The van der Waals surface area contributed by atoms with E-state index in [0.29, 0.717) is 28.9 Å². The molecule has 2 heterocycles. The maximum absolute atomic E-state index is 14.2. The molecule has 0 unspecified atom stereocenters. The van der Waals surface area contributed by atoms with Crippen molar-refractivity contribution < 1.29 is 37.8 Å². The summed E-state index contributed by atoms with van der Waals surface area (Å²) < 4.78 is 39.4. The summed E-state index contributed by atoms with van der Waals surface area (Å²) in [5.41, 5.74) is 0.188. The molecule has 0 radical (unpaired) electrons. The van der Waals surface area contributed by atoms with Gasteiger partial charge in [0.15, 0.2) is 17.4 Å². The van der Waals surface area contributed by atoms with E-state index >= 15 is 0 Å². The van der Waals surface area contributed by atoms with E-state index < -0.39 is 29.2 Å². The first-order valence-electron chi connectivity index (χ1n) is 13.2. The highest BCUT2D eigenvalue weighted by Gasteiger charge is 2.48. The molecule has 0 spiro atoms. The molecule has 0 bridgehead atoms. The van der Waals surface area contributed by atoms with Crippen molar-refractivity contribution in [1.82, 2.24) is 15.4 Å². The number of nitrogens with one attached hydrogen (secondary N) is 1. The number of aromatic nitrogens is 1. The lowest BCUT2D eigenvalue weighted by Gasteiger charge is -2.43. The Labute approximate surface area is 244 Å². The Morgan fingerprint density at radius 3 is 2.71 bits per heavy atom. The predicted molar refractivity (Wildman–Crippen MR) is 149 cm³/mol. The molecule has 3 atom stereocenters. The molecule has 2 aromatic carbocycles. The zero-order valence-corrected chi connectivity index (χ0v) is 24.3. The molecule has 9 nitrogen and oxygen atoms in total. The van der Waals surface area contributed by atoms with Gasteiger partial charge in [-0.3, -0.25) is 4.79 Å². The van der Waals surface area contributed by atoms with Crippen LogP contribution in [0, 0.1) is 11.6 Å². The second kappa shape index (κ2) is 13.1. The first kappa shape index (κ1) is 30.6. The van der Waals surface area contributed by atoms with Crippen LogP contribution in [0.3, 0.4) is 0 Å². The number of nitrogens with zero attached hydrogens (tertiary/aromatic N) is 2. The van der Waals surface area contributed by atoms with E-state index in [1.54, 1.807) is 7.11 Å². The van der Waals surface area contributed by atoms with Crippen molar-refractivity contribution in [2.24, 2.45) is 0 Å². The summed E-state index contributed by atoms with van der Waals surface area (Å²) in [6.45, 7) is 2.23. The van der Waals surface area contributed by atoms with Crippen molar-refractivity contribution in [3.8, 4) is 11.3 Å². The number of methoxy groups -OCH3 is 1. The first-order chi connectivity index (χ1) is 19.6. The monoisotopic (exact) mass is 635 g/mol. The summed E-state index contributed by atoms with van der Waals surface area (Å²) in [6.07, 6.45) is 0.227. The van der Waals surface area contributed by atoms with Gasteiger partial charge in [0.05, 0.1) is 10.4 Å². The zero-order valence-electron chi connectivity index (χ0n) is 22.7. The standard InChI is InChI=1S/C29H32BrF2N3O6/c1-17(36)33-15-18(6-5-13-40-2)20-7-3-4-8-21(20)27-25(30)26(34-41-27)22-16-35(28(37)38)12-11-29(22,39)19-9-10-23(31)24(32)14-19/h3-4,7-10,14,18,22,39H,5-6,11-13,15-16H2,1-2H3,(H,33,36)(H,37,38)/t18-,22+,29-/m0/s1. The number of rotatable bonds is 10. The van der Waals surface area contributed by atoms with Crippen molar-refractivity contribution in [3.05, 3.63) is 75.4 Å². The van der Waals surface area contributed by atoms with E-state index in [-0.39, 0.29) is 42.6 Å². The van der Waals surface area contributed by atoms with Crippen LogP contribution in [0.25, 0.3) is 11.3 Å². The number of piperidine rings is 1. The van der Waals surface area contributed by atoms with E-state index in [9.17, 15) is 28.6 Å². The summed E-state index contributed by atoms with van der Waals surface area (Å²) in [5.74, 6) is -3.02. The third-order valence-electron chi connectivity index (χ3n) is 7.57. The molecular weight excluding hydrogens is 604 g/mol. The molecule has 0 saturated carbocycles. The third kappa shape index (κ3) is 6.60. The molecule has 1 aliphatic rings. The first-order valence-corrected chi connectivity index (χ1v) is 14.0. The molecule has 1 fully saturated rings. The zero-order chi connectivity index (χ0) is 29.7. The summed E-state index contributed by atoms with van der Waals surface area (Å²) in [7, 11) is 1.63. The number of benzene rings is 2. The predicted octanol–water partition coefficient (Wildman–Crippen LogP) is 5.38. The molecule has 2 amide bonds. The Kier molecular flexibility index (Phi) is 9.77. The van der Waals surface area contributed by atoms with Crippen molar-refractivity contribution >= 4 is 27.9 Å². The maximum Gasteiger partial charge on any atom is 0.407 e. The Bertz CT molecular complexity index is 1400. The fraction of sp³-hybridized carbons (Fsp3) is 0.414. The van der Waals surface area contributed by atoms with Crippen LogP contribution in [0.2, 0.25) is 0 Å². The largest absolute Gasteiger partial charge is 0.465 e. The minimum absolute atomic E-state index is 0.0151. The number of halogens is 3. The van der Waals surface area contributed by atoms with Gasteiger partial charge in [0.1, 0.15) is 11.3 Å². The number of ether oxygens (including phenoxy) is 1.